The third-order valence-corrected chi connectivity index (χ3v) is 6.51. The Bertz CT molecular complexity index is 411. The minimum Gasteiger partial charge on any atom is -0.312 e. The van der Waals surface area contributed by atoms with Crippen molar-refractivity contribution in [2.24, 2.45) is 17.8 Å². The lowest BCUT2D eigenvalue weighted by Crippen LogP contribution is -2.34. The summed E-state index contributed by atoms with van der Waals surface area (Å²) >= 11 is 1.98. The van der Waals surface area contributed by atoms with Gasteiger partial charge in [0.1, 0.15) is 0 Å². The van der Waals surface area contributed by atoms with Crippen LogP contribution >= 0.6 is 11.3 Å². The summed E-state index contributed by atoms with van der Waals surface area (Å²) in [4.78, 5) is 3.00. The van der Waals surface area contributed by atoms with Crippen LogP contribution in [0.4, 0.5) is 0 Å². The Morgan fingerprint density at radius 2 is 1.89 bits per heavy atom. The fourth-order valence-electron chi connectivity index (χ4n) is 4.44. The number of thiophene rings is 1. The van der Waals surface area contributed by atoms with Gasteiger partial charge in [0.15, 0.2) is 0 Å². The molecule has 1 nitrogen and oxygen atoms in total. The average Bonchev–Trinajstić information content (AvgIpc) is 2.86. The summed E-state index contributed by atoms with van der Waals surface area (Å²) in [7, 11) is 2.15. The van der Waals surface area contributed by atoms with Crippen molar-refractivity contribution in [2.75, 3.05) is 7.05 Å². The largest absolute Gasteiger partial charge is 0.312 e. The van der Waals surface area contributed by atoms with Gasteiger partial charge in [-0.1, -0.05) is 25.7 Å². The highest BCUT2D eigenvalue weighted by Crippen LogP contribution is 2.46. The van der Waals surface area contributed by atoms with E-state index in [2.05, 4.69) is 31.4 Å². The SMILES string of the molecule is CNC(c1ccc(C)s1)C1CCC2CCCCC2C1. The molecule has 106 valence electrons. The molecule has 19 heavy (non-hydrogen) atoms. The number of aryl methyl sites for hydroxylation is 1. The fraction of sp³-hybridized carbons (Fsp3) is 0.765. The third-order valence-electron chi connectivity index (χ3n) is 5.43. The van der Waals surface area contributed by atoms with E-state index in [1.54, 1.807) is 4.88 Å². The molecule has 2 aliphatic carbocycles. The van der Waals surface area contributed by atoms with Crippen LogP contribution in [0.5, 0.6) is 0 Å². The molecule has 0 spiro atoms. The Morgan fingerprint density at radius 3 is 2.58 bits per heavy atom. The highest BCUT2D eigenvalue weighted by molar-refractivity contribution is 7.12. The minimum absolute atomic E-state index is 0.599. The fourth-order valence-corrected chi connectivity index (χ4v) is 5.52. The van der Waals surface area contributed by atoms with Crippen LogP contribution in [0.2, 0.25) is 0 Å². The molecule has 0 aliphatic heterocycles. The van der Waals surface area contributed by atoms with Gasteiger partial charge in [-0.2, -0.15) is 0 Å². The zero-order valence-electron chi connectivity index (χ0n) is 12.3. The van der Waals surface area contributed by atoms with Crippen molar-refractivity contribution >= 4 is 11.3 Å². The van der Waals surface area contributed by atoms with Gasteiger partial charge >= 0.3 is 0 Å². The lowest BCUT2D eigenvalue weighted by molar-refractivity contribution is 0.112. The van der Waals surface area contributed by atoms with Crippen molar-refractivity contribution in [3.05, 3.63) is 21.9 Å². The van der Waals surface area contributed by atoms with E-state index >= 15 is 0 Å². The summed E-state index contributed by atoms with van der Waals surface area (Å²) in [5.41, 5.74) is 0. The lowest BCUT2D eigenvalue weighted by Gasteiger charge is -2.41. The number of nitrogens with one attached hydrogen (secondary N) is 1. The maximum atomic E-state index is 3.61. The van der Waals surface area contributed by atoms with Crippen molar-refractivity contribution in [2.45, 2.75) is 57.9 Å². The first-order chi connectivity index (χ1) is 9.28. The van der Waals surface area contributed by atoms with Crippen LogP contribution in [0.3, 0.4) is 0 Å². The zero-order valence-corrected chi connectivity index (χ0v) is 13.1. The summed E-state index contributed by atoms with van der Waals surface area (Å²) in [6, 6.07) is 5.21. The quantitative estimate of drug-likeness (QED) is 0.826. The van der Waals surface area contributed by atoms with Crippen LogP contribution in [0.25, 0.3) is 0 Å². The van der Waals surface area contributed by atoms with Crippen LogP contribution < -0.4 is 5.32 Å². The van der Waals surface area contributed by atoms with Crippen LogP contribution in [0.1, 0.15) is 60.7 Å². The second-order valence-electron chi connectivity index (χ2n) is 6.59. The Hall–Kier alpha value is -0.340. The molecule has 1 aromatic rings. The van der Waals surface area contributed by atoms with Gasteiger partial charge in [0.05, 0.1) is 0 Å². The molecule has 1 aromatic heterocycles. The van der Waals surface area contributed by atoms with Crippen LogP contribution in [-0.4, -0.2) is 7.05 Å². The molecule has 1 heterocycles. The molecular formula is C17H27NS. The van der Waals surface area contributed by atoms with Gasteiger partial charge in [0.2, 0.25) is 0 Å². The van der Waals surface area contributed by atoms with Crippen molar-refractivity contribution in [3.8, 4) is 0 Å². The molecule has 0 bridgehead atoms. The number of hydrogen-bond acceptors (Lipinski definition) is 2. The molecule has 4 unspecified atom stereocenters. The highest BCUT2D eigenvalue weighted by Gasteiger charge is 2.35. The summed E-state index contributed by atoms with van der Waals surface area (Å²) in [5.74, 6) is 2.96. The molecule has 0 radical (unpaired) electrons. The second kappa shape index (κ2) is 5.97. The molecule has 0 saturated heterocycles. The van der Waals surface area contributed by atoms with Gasteiger partial charge in [0, 0.05) is 15.8 Å². The van der Waals surface area contributed by atoms with Crippen molar-refractivity contribution in [1.82, 2.24) is 5.32 Å². The maximum Gasteiger partial charge on any atom is 0.0441 e. The van der Waals surface area contributed by atoms with Gasteiger partial charge in [-0.3, -0.25) is 0 Å². The summed E-state index contributed by atoms with van der Waals surface area (Å²) < 4.78 is 0. The van der Waals surface area contributed by atoms with E-state index in [9.17, 15) is 0 Å². The Kier molecular flexibility index (Phi) is 4.28. The van der Waals surface area contributed by atoms with E-state index in [1.807, 2.05) is 11.3 Å². The van der Waals surface area contributed by atoms with Crippen LogP contribution in [0, 0.1) is 24.7 Å². The first-order valence-electron chi connectivity index (χ1n) is 8.01. The van der Waals surface area contributed by atoms with Gasteiger partial charge in [-0.15, -0.1) is 11.3 Å². The van der Waals surface area contributed by atoms with E-state index in [1.165, 1.54) is 49.8 Å². The standard InChI is InChI=1S/C17H27NS/c1-12-7-10-16(19-12)17(18-2)15-9-8-13-5-3-4-6-14(13)11-15/h7,10,13-15,17-18H,3-6,8-9,11H2,1-2H3. The molecular weight excluding hydrogens is 250 g/mol. The molecule has 2 saturated carbocycles. The van der Waals surface area contributed by atoms with E-state index in [4.69, 9.17) is 0 Å². The van der Waals surface area contributed by atoms with Crippen molar-refractivity contribution in [1.29, 1.82) is 0 Å². The molecule has 0 amide bonds. The number of fused-ring (bicyclic) bond motifs is 1. The Balaban J connectivity index is 1.70. The van der Waals surface area contributed by atoms with E-state index < -0.39 is 0 Å². The Labute approximate surface area is 121 Å². The van der Waals surface area contributed by atoms with Gasteiger partial charge in [0.25, 0.3) is 0 Å². The topological polar surface area (TPSA) is 12.0 Å². The third kappa shape index (κ3) is 2.90. The predicted molar refractivity (Wildman–Crippen MR) is 83.6 cm³/mol. The molecule has 4 atom stereocenters. The highest BCUT2D eigenvalue weighted by atomic mass is 32.1. The summed E-state index contributed by atoms with van der Waals surface area (Å²) in [5, 5.41) is 3.61. The molecule has 3 rings (SSSR count). The van der Waals surface area contributed by atoms with Crippen molar-refractivity contribution in [3.63, 3.8) is 0 Å². The first kappa shape index (κ1) is 13.6. The Morgan fingerprint density at radius 1 is 1.11 bits per heavy atom. The summed E-state index contributed by atoms with van der Waals surface area (Å²) in [6.07, 6.45) is 10.4. The van der Waals surface area contributed by atoms with Gasteiger partial charge < -0.3 is 5.32 Å². The smallest absolute Gasteiger partial charge is 0.0441 e. The van der Waals surface area contributed by atoms with E-state index in [0.29, 0.717) is 6.04 Å². The van der Waals surface area contributed by atoms with Gasteiger partial charge in [-0.25, -0.2) is 0 Å². The van der Waals surface area contributed by atoms with Crippen LogP contribution in [0.15, 0.2) is 12.1 Å². The molecule has 0 aromatic carbocycles. The normalized spacial score (nSPS) is 32.8. The average molecular weight is 277 g/mol. The molecule has 2 aliphatic rings. The summed E-state index contributed by atoms with van der Waals surface area (Å²) in [6.45, 7) is 2.22. The number of rotatable bonds is 3. The molecule has 1 N–H and O–H groups in total. The number of hydrogen-bond donors (Lipinski definition) is 1. The minimum atomic E-state index is 0.599. The zero-order chi connectivity index (χ0) is 13.2. The monoisotopic (exact) mass is 277 g/mol. The second-order valence-corrected chi connectivity index (χ2v) is 7.91. The lowest BCUT2D eigenvalue weighted by atomic mass is 9.66. The first-order valence-corrected chi connectivity index (χ1v) is 8.83. The van der Waals surface area contributed by atoms with Crippen molar-refractivity contribution < 1.29 is 0 Å². The van der Waals surface area contributed by atoms with E-state index in [-0.39, 0.29) is 0 Å². The predicted octanol–water partition coefficient (Wildman–Crippen LogP) is 4.92. The van der Waals surface area contributed by atoms with E-state index in [0.717, 1.165) is 17.8 Å². The maximum absolute atomic E-state index is 3.61. The molecule has 2 fully saturated rings. The van der Waals surface area contributed by atoms with Crippen LogP contribution in [-0.2, 0) is 0 Å². The molecule has 2 heteroatoms. The van der Waals surface area contributed by atoms with Gasteiger partial charge in [-0.05, 0) is 63.1 Å².